The monoisotopic (exact) mass is 258 g/mol. The van der Waals surface area contributed by atoms with Gasteiger partial charge in [0.1, 0.15) is 0 Å². The van der Waals surface area contributed by atoms with Gasteiger partial charge in [-0.05, 0) is 67.1 Å². The van der Waals surface area contributed by atoms with Crippen molar-refractivity contribution in [2.24, 2.45) is 11.8 Å². The molecule has 2 aliphatic carbocycles. The number of aryl methyl sites for hydroxylation is 2. The molecule has 0 aliphatic heterocycles. The molecule has 1 fully saturated rings. The molecule has 3 atom stereocenters. The quantitative estimate of drug-likeness (QED) is 0.868. The van der Waals surface area contributed by atoms with E-state index >= 15 is 0 Å². The zero-order valence-electron chi connectivity index (χ0n) is 12.1. The van der Waals surface area contributed by atoms with Gasteiger partial charge in [0.05, 0.1) is 6.10 Å². The minimum atomic E-state index is -0.129. The predicted octanol–water partition coefficient (Wildman–Crippen LogP) is 3.91. The molecule has 1 aromatic rings. The summed E-state index contributed by atoms with van der Waals surface area (Å²) in [6.45, 7) is 2.28. The molecule has 19 heavy (non-hydrogen) atoms. The van der Waals surface area contributed by atoms with Gasteiger partial charge in [0.2, 0.25) is 0 Å². The highest BCUT2D eigenvalue weighted by molar-refractivity contribution is 5.35. The first kappa shape index (κ1) is 13.2. The number of hydrogen-bond donors (Lipinski definition) is 1. The number of aliphatic hydroxyl groups excluding tert-OH is 1. The molecular weight excluding hydrogens is 232 g/mol. The van der Waals surface area contributed by atoms with E-state index in [-0.39, 0.29) is 6.10 Å². The van der Waals surface area contributed by atoms with Crippen molar-refractivity contribution in [3.8, 4) is 0 Å². The van der Waals surface area contributed by atoms with Gasteiger partial charge in [-0.15, -0.1) is 0 Å². The summed E-state index contributed by atoms with van der Waals surface area (Å²) < 4.78 is 0. The van der Waals surface area contributed by atoms with Gasteiger partial charge in [0.15, 0.2) is 0 Å². The zero-order valence-corrected chi connectivity index (χ0v) is 12.1. The maximum atomic E-state index is 10.5. The Kier molecular flexibility index (Phi) is 3.93. The second-order valence-corrected chi connectivity index (χ2v) is 6.58. The summed E-state index contributed by atoms with van der Waals surface area (Å²) in [4.78, 5) is 0. The Morgan fingerprint density at radius 3 is 2.84 bits per heavy atom. The lowest BCUT2D eigenvalue weighted by Gasteiger charge is -2.18. The molecule has 2 aliphatic rings. The number of hydrogen-bond acceptors (Lipinski definition) is 1. The molecule has 0 spiro atoms. The van der Waals surface area contributed by atoms with E-state index in [1.165, 1.54) is 61.6 Å². The second-order valence-electron chi connectivity index (χ2n) is 6.58. The highest BCUT2D eigenvalue weighted by Crippen LogP contribution is 2.36. The Balaban J connectivity index is 1.62. The standard InChI is InChI=1S/C18H26O/c1-2-13-6-9-17(10-13)18(19)12-14-7-8-15-4-3-5-16(15)11-14/h7-8,11,13,17-19H,2-6,9-10,12H2,1H3. The van der Waals surface area contributed by atoms with Crippen molar-refractivity contribution >= 4 is 0 Å². The number of fused-ring (bicyclic) bond motifs is 1. The first-order valence-corrected chi connectivity index (χ1v) is 8.05. The Morgan fingerprint density at radius 1 is 1.21 bits per heavy atom. The first-order chi connectivity index (χ1) is 9.26. The molecule has 3 rings (SSSR count). The van der Waals surface area contributed by atoms with Gasteiger partial charge in [0.25, 0.3) is 0 Å². The lowest BCUT2D eigenvalue weighted by Crippen LogP contribution is -2.20. The van der Waals surface area contributed by atoms with Gasteiger partial charge in [0, 0.05) is 0 Å². The molecule has 3 unspecified atom stereocenters. The van der Waals surface area contributed by atoms with E-state index in [1.54, 1.807) is 0 Å². The average molecular weight is 258 g/mol. The highest BCUT2D eigenvalue weighted by atomic mass is 16.3. The summed E-state index contributed by atoms with van der Waals surface area (Å²) in [5, 5.41) is 10.5. The number of benzene rings is 1. The van der Waals surface area contributed by atoms with Crippen LogP contribution in [0.5, 0.6) is 0 Å². The molecular formula is C18H26O. The highest BCUT2D eigenvalue weighted by Gasteiger charge is 2.29. The Morgan fingerprint density at radius 2 is 2.05 bits per heavy atom. The molecule has 1 nitrogen and oxygen atoms in total. The molecule has 0 radical (unpaired) electrons. The molecule has 0 aromatic heterocycles. The third kappa shape index (κ3) is 2.86. The molecule has 104 valence electrons. The Bertz CT molecular complexity index is 437. The van der Waals surface area contributed by atoms with E-state index in [0.717, 1.165) is 12.3 Å². The fourth-order valence-corrected chi connectivity index (χ4v) is 3.99. The number of aliphatic hydroxyl groups is 1. The van der Waals surface area contributed by atoms with Crippen LogP contribution in [0.15, 0.2) is 18.2 Å². The van der Waals surface area contributed by atoms with E-state index in [1.807, 2.05) is 0 Å². The fraction of sp³-hybridized carbons (Fsp3) is 0.667. The van der Waals surface area contributed by atoms with Crippen molar-refractivity contribution in [2.75, 3.05) is 0 Å². The zero-order chi connectivity index (χ0) is 13.2. The molecule has 1 N–H and O–H groups in total. The smallest absolute Gasteiger partial charge is 0.0608 e. The minimum Gasteiger partial charge on any atom is -0.392 e. The summed E-state index contributed by atoms with van der Waals surface area (Å²) >= 11 is 0. The van der Waals surface area contributed by atoms with E-state index < -0.39 is 0 Å². The normalized spacial score (nSPS) is 27.5. The topological polar surface area (TPSA) is 20.2 Å². The minimum absolute atomic E-state index is 0.129. The van der Waals surface area contributed by atoms with Gasteiger partial charge in [-0.3, -0.25) is 0 Å². The molecule has 1 saturated carbocycles. The van der Waals surface area contributed by atoms with Crippen LogP contribution in [-0.2, 0) is 19.3 Å². The van der Waals surface area contributed by atoms with Crippen molar-refractivity contribution in [1.82, 2.24) is 0 Å². The third-order valence-electron chi connectivity index (χ3n) is 5.31. The summed E-state index contributed by atoms with van der Waals surface area (Å²) in [5.74, 6) is 1.40. The second kappa shape index (κ2) is 5.66. The SMILES string of the molecule is CCC1CCC(C(O)Cc2ccc3c(c2)CCC3)C1. The van der Waals surface area contributed by atoms with Gasteiger partial charge >= 0.3 is 0 Å². The third-order valence-corrected chi connectivity index (χ3v) is 5.31. The van der Waals surface area contributed by atoms with E-state index in [4.69, 9.17) is 0 Å². The van der Waals surface area contributed by atoms with Crippen LogP contribution in [0.2, 0.25) is 0 Å². The van der Waals surface area contributed by atoms with Crippen LogP contribution >= 0.6 is 0 Å². The lowest BCUT2D eigenvalue weighted by atomic mass is 9.92. The lowest BCUT2D eigenvalue weighted by molar-refractivity contribution is 0.108. The van der Waals surface area contributed by atoms with Crippen LogP contribution in [0, 0.1) is 11.8 Å². The van der Waals surface area contributed by atoms with Gasteiger partial charge in [-0.1, -0.05) is 38.0 Å². The van der Waals surface area contributed by atoms with Crippen LogP contribution in [-0.4, -0.2) is 11.2 Å². The number of rotatable bonds is 4. The molecule has 1 aromatic carbocycles. The van der Waals surface area contributed by atoms with E-state index in [2.05, 4.69) is 25.1 Å². The van der Waals surface area contributed by atoms with Crippen molar-refractivity contribution in [2.45, 2.75) is 64.4 Å². The Labute approximate surface area is 117 Å². The van der Waals surface area contributed by atoms with Crippen LogP contribution < -0.4 is 0 Å². The summed E-state index contributed by atoms with van der Waals surface area (Å²) in [6, 6.07) is 6.87. The molecule has 0 amide bonds. The maximum absolute atomic E-state index is 10.5. The van der Waals surface area contributed by atoms with Crippen molar-refractivity contribution in [3.05, 3.63) is 34.9 Å². The first-order valence-electron chi connectivity index (χ1n) is 8.05. The summed E-state index contributed by atoms with van der Waals surface area (Å²) in [6.07, 6.45) is 9.59. The van der Waals surface area contributed by atoms with Crippen LogP contribution in [0.3, 0.4) is 0 Å². The van der Waals surface area contributed by atoms with E-state index in [9.17, 15) is 5.11 Å². The van der Waals surface area contributed by atoms with Crippen molar-refractivity contribution in [1.29, 1.82) is 0 Å². The van der Waals surface area contributed by atoms with E-state index in [0.29, 0.717) is 5.92 Å². The van der Waals surface area contributed by atoms with Gasteiger partial charge in [-0.25, -0.2) is 0 Å². The van der Waals surface area contributed by atoms with Gasteiger partial charge < -0.3 is 5.11 Å². The maximum Gasteiger partial charge on any atom is 0.0608 e. The molecule has 0 heterocycles. The van der Waals surface area contributed by atoms with Crippen molar-refractivity contribution < 1.29 is 5.11 Å². The Hall–Kier alpha value is -0.820. The van der Waals surface area contributed by atoms with Gasteiger partial charge in [-0.2, -0.15) is 0 Å². The predicted molar refractivity (Wildman–Crippen MR) is 79.3 cm³/mol. The van der Waals surface area contributed by atoms with Crippen LogP contribution in [0.1, 0.15) is 55.7 Å². The molecule has 0 bridgehead atoms. The molecule has 1 heteroatoms. The molecule has 0 saturated heterocycles. The van der Waals surface area contributed by atoms with Crippen molar-refractivity contribution in [3.63, 3.8) is 0 Å². The average Bonchev–Trinajstić information content (AvgIpc) is 3.06. The van der Waals surface area contributed by atoms with Crippen LogP contribution in [0.4, 0.5) is 0 Å². The summed E-state index contributed by atoms with van der Waals surface area (Å²) in [7, 11) is 0. The van der Waals surface area contributed by atoms with Crippen LogP contribution in [0.25, 0.3) is 0 Å². The largest absolute Gasteiger partial charge is 0.392 e. The fourth-order valence-electron chi connectivity index (χ4n) is 3.99. The summed E-state index contributed by atoms with van der Waals surface area (Å²) in [5.41, 5.74) is 4.40.